The molecule has 1 amide bonds. The van der Waals surface area contributed by atoms with Crippen LogP contribution < -0.4 is 27.6 Å². The molecule has 3 aromatic carbocycles. The summed E-state index contributed by atoms with van der Waals surface area (Å²) in [5.74, 6) is 0.390. The lowest BCUT2D eigenvalue weighted by atomic mass is 9.83. The first-order chi connectivity index (χ1) is 18.4. The number of esters is 1. The molecule has 3 aromatic rings. The van der Waals surface area contributed by atoms with E-state index in [0.29, 0.717) is 18.0 Å². The fourth-order valence-corrected chi connectivity index (χ4v) is 5.38. The Morgan fingerprint density at radius 2 is 1.44 bits per heavy atom. The van der Waals surface area contributed by atoms with E-state index in [4.69, 9.17) is 4.74 Å². The highest BCUT2D eigenvalue weighted by Gasteiger charge is 2.48. The third-order valence-corrected chi connectivity index (χ3v) is 7.35. The molecule has 3 heterocycles. The highest BCUT2D eigenvalue weighted by Crippen LogP contribution is 2.35. The zero-order chi connectivity index (χ0) is 27.0. The second-order valence-electron chi connectivity index (χ2n) is 10.1. The average Bonchev–Trinajstić information content (AvgIpc) is 2.94. The lowest BCUT2D eigenvalue weighted by Crippen LogP contribution is -3.00. The minimum atomic E-state index is -0.207. The summed E-state index contributed by atoms with van der Waals surface area (Å²) in [6.07, 6.45) is 2.11. The number of Topliss-reactive ketones (excluding diaryl/α,β-unsaturated/α-hetero) is 1. The molecular weight excluding hydrogens is 558 g/mol. The largest absolute Gasteiger partial charge is 1.00 e. The first-order valence-electron chi connectivity index (χ1n) is 13.1. The number of fused-ring (bicyclic) bond motifs is 3. The molecule has 6 rings (SSSR count). The van der Waals surface area contributed by atoms with Crippen molar-refractivity contribution in [1.82, 2.24) is 5.32 Å². The van der Waals surface area contributed by atoms with Gasteiger partial charge in [0, 0.05) is 55.2 Å². The minimum absolute atomic E-state index is 0. The third kappa shape index (κ3) is 8.25. The molecule has 2 N–H and O–H groups in total. The van der Waals surface area contributed by atoms with Gasteiger partial charge in [0.25, 0.3) is 5.91 Å². The molecule has 8 heteroatoms. The van der Waals surface area contributed by atoms with E-state index < -0.39 is 0 Å². The van der Waals surface area contributed by atoms with Gasteiger partial charge >= 0.3 is 5.97 Å². The van der Waals surface area contributed by atoms with Crippen molar-refractivity contribution in [2.75, 3.05) is 38.5 Å². The second-order valence-corrected chi connectivity index (χ2v) is 10.1. The van der Waals surface area contributed by atoms with Crippen molar-refractivity contribution in [3.8, 4) is 0 Å². The number of carbonyl (C=O) groups excluding carboxylic acids is 3. The van der Waals surface area contributed by atoms with Crippen molar-refractivity contribution < 1.29 is 40.6 Å². The molecule has 0 aliphatic carbocycles. The van der Waals surface area contributed by atoms with Gasteiger partial charge in [0.05, 0.1) is 13.1 Å². The van der Waals surface area contributed by atoms with Gasteiger partial charge in [-0.25, -0.2) is 0 Å². The molecule has 0 spiro atoms. The van der Waals surface area contributed by atoms with Crippen LogP contribution in [0.15, 0.2) is 84.9 Å². The molecule has 7 nitrogen and oxygen atoms in total. The first-order valence-corrected chi connectivity index (χ1v) is 13.1. The summed E-state index contributed by atoms with van der Waals surface area (Å²) in [7, 11) is 1.62. The van der Waals surface area contributed by atoms with Crippen molar-refractivity contribution in [2.45, 2.75) is 25.9 Å². The summed E-state index contributed by atoms with van der Waals surface area (Å²) >= 11 is 0. The molecule has 1 unspecified atom stereocenters. The van der Waals surface area contributed by atoms with Gasteiger partial charge in [-0.2, -0.15) is 0 Å². The Morgan fingerprint density at radius 1 is 0.846 bits per heavy atom. The van der Waals surface area contributed by atoms with E-state index in [0.717, 1.165) is 53.9 Å². The number of hydrogen-bond acceptors (Lipinski definition) is 5. The number of nitrogens with zero attached hydrogens (tertiary/aromatic N) is 1. The second kappa shape index (κ2) is 14.1. The third-order valence-electron chi connectivity index (χ3n) is 7.35. The summed E-state index contributed by atoms with van der Waals surface area (Å²) in [4.78, 5) is 35.2. The van der Waals surface area contributed by atoms with E-state index in [1.807, 2.05) is 78.9 Å². The fourth-order valence-electron chi connectivity index (χ4n) is 5.38. The standard InChI is InChI=1S/C17H22NO3.C14H14N2O.BrH/c1-13(19)21-17-12-18(9-7-15(17)8-10-18)11-16(20)14-5-3-2-4-6-14;1-15-14(17)11-6-5-9-13(10-11)16-12-7-3-2-4-8-12;/h2-6,15,17H,7-12H2,1H3;2-10,16H,1H3,(H,15,17);1H/q+1;;/p-1. The summed E-state index contributed by atoms with van der Waals surface area (Å²) in [6, 6.07) is 26.7. The monoisotopic (exact) mass is 593 g/mol. The topological polar surface area (TPSA) is 84.5 Å². The lowest BCUT2D eigenvalue weighted by Gasteiger charge is -2.51. The Labute approximate surface area is 240 Å². The zero-order valence-electron chi connectivity index (χ0n) is 22.4. The van der Waals surface area contributed by atoms with Crippen LogP contribution in [0, 0.1) is 5.92 Å². The molecular formula is C31H36BrN3O4. The van der Waals surface area contributed by atoms with Crippen molar-refractivity contribution >= 4 is 29.0 Å². The van der Waals surface area contributed by atoms with Crippen LogP contribution in [0.1, 0.15) is 40.5 Å². The number of ketones is 1. The average molecular weight is 595 g/mol. The number of halogens is 1. The molecule has 3 saturated heterocycles. The summed E-state index contributed by atoms with van der Waals surface area (Å²) < 4.78 is 6.25. The Balaban J connectivity index is 0.000000215. The Hall–Kier alpha value is -3.49. The molecule has 3 aliphatic rings. The predicted octanol–water partition coefficient (Wildman–Crippen LogP) is 1.84. The maximum absolute atomic E-state index is 12.5. The van der Waals surface area contributed by atoms with Crippen molar-refractivity contribution in [2.24, 2.45) is 5.92 Å². The molecule has 1 atom stereocenters. The number of ether oxygens (including phenoxy) is 1. The van der Waals surface area contributed by atoms with Crippen LogP contribution in [0.25, 0.3) is 0 Å². The number of anilines is 2. The summed E-state index contributed by atoms with van der Waals surface area (Å²) in [6.45, 7) is 4.84. The van der Waals surface area contributed by atoms with Crippen LogP contribution in [0.5, 0.6) is 0 Å². The first kappa shape index (κ1) is 30.1. The number of hydrogen-bond donors (Lipinski definition) is 2. The normalized spacial score (nSPS) is 20.9. The van der Waals surface area contributed by atoms with E-state index in [-0.39, 0.29) is 40.7 Å². The number of para-hydroxylation sites is 1. The predicted molar refractivity (Wildman–Crippen MR) is 148 cm³/mol. The SMILES string of the molecule is CC(=O)OC1C[N+]2(CC(=O)c3ccccc3)CCC1CC2.CNC(=O)c1cccc(Nc2ccccc2)c1.[Br-]. The molecule has 206 valence electrons. The number of amides is 1. The number of benzene rings is 3. The van der Waals surface area contributed by atoms with Gasteiger partial charge < -0.3 is 36.8 Å². The molecule has 39 heavy (non-hydrogen) atoms. The van der Waals surface area contributed by atoms with E-state index in [1.54, 1.807) is 13.1 Å². The summed E-state index contributed by atoms with van der Waals surface area (Å²) in [5.41, 5.74) is 3.33. The van der Waals surface area contributed by atoms with Crippen LogP contribution >= 0.6 is 0 Å². The quantitative estimate of drug-likeness (QED) is 0.248. The van der Waals surface area contributed by atoms with Crippen molar-refractivity contribution in [3.63, 3.8) is 0 Å². The fraction of sp³-hybridized carbons (Fsp3) is 0.323. The Kier molecular flexibility index (Phi) is 10.8. The summed E-state index contributed by atoms with van der Waals surface area (Å²) in [5, 5.41) is 5.85. The van der Waals surface area contributed by atoms with Gasteiger partial charge in [-0.3, -0.25) is 14.4 Å². The molecule has 0 saturated carbocycles. The van der Waals surface area contributed by atoms with Crippen LogP contribution in [0.4, 0.5) is 11.4 Å². The van der Waals surface area contributed by atoms with Crippen LogP contribution in [0.2, 0.25) is 0 Å². The van der Waals surface area contributed by atoms with Crippen molar-refractivity contribution in [3.05, 3.63) is 96.1 Å². The van der Waals surface area contributed by atoms with Crippen molar-refractivity contribution in [1.29, 1.82) is 0 Å². The lowest BCUT2D eigenvalue weighted by molar-refractivity contribution is -0.938. The highest BCUT2D eigenvalue weighted by molar-refractivity contribution is 5.97. The maximum atomic E-state index is 12.5. The van der Waals surface area contributed by atoms with Crippen LogP contribution in [-0.4, -0.2) is 61.5 Å². The van der Waals surface area contributed by atoms with E-state index >= 15 is 0 Å². The molecule has 0 radical (unpaired) electrons. The van der Waals surface area contributed by atoms with E-state index in [2.05, 4.69) is 10.6 Å². The van der Waals surface area contributed by atoms with Gasteiger partial charge in [0.2, 0.25) is 5.78 Å². The molecule has 3 aliphatic heterocycles. The number of nitrogens with one attached hydrogen (secondary N) is 2. The number of rotatable bonds is 7. The molecule has 0 aromatic heterocycles. The van der Waals surface area contributed by atoms with Crippen LogP contribution in [0.3, 0.4) is 0 Å². The van der Waals surface area contributed by atoms with Gasteiger partial charge in [0.15, 0.2) is 6.10 Å². The van der Waals surface area contributed by atoms with E-state index in [9.17, 15) is 14.4 Å². The molecule has 2 bridgehead atoms. The van der Waals surface area contributed by atoms with Crippen LogP contribution in [-0.2, 0) is 9.53 Å². The van der Waals surface area contributed by atoms with E-state index in [1.165, 1.54) is 6.92 Å². The maximum Gasteiger partial charge on any atom is 0.303 e. The Morgan fingerprint density at radius 3 is 2.05 bits per heavy atom. The van der Waals surface area contributed by atoms with Gasteiger partial charge in [-0.1, -0.05) is 54.6 Å². The smallest absolute Gasteiger partial charge is 0.303 e. The van der Waals surface area contributed by atoms with Gasteiger partial charge in [0.1, 0.15) is 13.1 Å². The number of carbonyl (C=O) groups is 3. The van der Waals surface area contributed by atoms with Gasteiger partial charge in [-0.05, 0) is 30.3 Å². The highest BCUT2D eigenvalue weighted by atomic mass is 79.9. The molecule has 3 fully saturated rings. The number of quaternary nitrogens is 1. The minimum Gasteiger partial charge on any atom is -1.00 e. The number of piperidine rings is 3. The Bertz CT molecular complexity index is 1240. The van der Waals surface area contributed by atoms with Gasteiger partial charge in [-0.15, -0.1) is 0 Å². The zero-order valence-corrected chi connectivity index (χ0v) is 24.0.